The Hall–Kier alpha value is -0.630. The summed E-state index contributed by atoms with van der Waals surface area (Å²) in [5.41, 5.74) is -0.859. The summed E-state index contributed by atoms with van der Waals surface area (Å²) in [6.07, 6.45) is 5.04. The van der Waals surface area contributed by atoms with Crippen LogP contribution in [0.15, 0.2) is 12.2 Å². The molecule has 76 valence electrons. The van der Waals surface area contributed by atoms with E-state index < -0.39 is 5.60 Å². The number of allylic oxidation sites excluding steroid dienone is 1. The van der Waals surface area contributed by atoms with Crippen molar-refractivity contribution in [1.82, 2.24) is 0 Å². The standard InChI is InChI=1S/C11H20O2/c1-5-6-9(2)11(4,13)8-7-10(3)12/h7-9,13H,5-6H2,1-4H3. The molecule has 0 fully saturated rings. The summed E-state index contributed by atoms with van der Waals surface area (Å²) in [6.45, 7) is 7.30. The number of carbonyl (C=O) groups is 1. The molecule has 0 amide bonds. The number of ketones is 1. The largest absolute Gasteiger partial charge is 0.386 e. The highest BCUT2D eigenvalue weighted by Gasteiger charge is 2.24. The lowest BCUT2D eigenvalue weighted by Gasteiger charge is -2.26. The highest BCUT2D eigenvalue weighted by molar-refractivity contribution is 5.87. The summed E-state index contributed by atoms with van der Waals surface area (Å²) >= 11 is 0. The molecule has 0 heterocycles. The van der Waals surface area contributed by atoms with Gasteiger partial charge in [0.25, 0.3) is 0 Å². The Bertz CT molecular complexity index is 192. The van der Waals surface area contributed by atoms with Crippen LogP contribution < -0.4 is 0 Å². The van der Waals surface area contributed by atoms with E-state index in [0.29, 0.717) is 0 Å². The quantitative estimate of drug-likeness (QED) is 0.666. The molecule has 0 aliphatic heterocycles. The minimum absolute atomic E-state index is 0.0241. The minimum atomic E-state index is -0.859. The topological polar surface area (TPSA) is 37.3 Å². The summed E-state index contributed by atoms with van der Waals surface area (Å²) in [7, 11) is 0. The lowest BCUT2D eigenvalue weighted by Crippen LogP contribution is -2.30. The van der Waals surface area contributed by atoms with Crippen molar-refractivity contribution in [2.24, 2.45) is 5.92 Å². The van der Waals surface area contributed by atoms with Crippen molar-refractivity contribution in [3.8, 4) is 0 Å². The smallest absolute Gasteiger partial charge is 0.152 e. The van der Waals surface area contributed by atoms with Gasteiger partial charge in [-0.15, -0.1) is 0 Å². The predicted octanol–water partition coefficient (Wildman–Crippen LogP) is 2.32. The van der Waals surface area contributed by atoms with Crippen molar-refractivity contribution in [1.29, 1.82) is 0 Å². The highest BCUT2D eigenvalue weighted by Crippen LogP contribution is 2.22. The molecule has 0 aromatic carbocycles. The molecule has 0 aromatic rings. The van der Waals surface area contributed by atoms with Crippen molar-refractivity contribution in [3.63, 3.8) is 0 Å². The SMILES string of the molecule is CCCC(C)C(C)(O)C=CC(C)=O. The van der Waals surface area contributed by atoms with Crippen LogP contribution in [0.4, 0.5) is 0 Å². The summed E-state index contributed by atoms with van der Waals surface area (Å²) in [5, 5.41) is 9.92. The first-order valence-corrected chi connectivity index (χ1v) is 4.82. The minimum Gasteiger partial charge on any atom is -0.386 e. The van der Waals surface area contributed by atoms with Crippen LogP contribution in [0.3, 0.4) is 0 Å². The van der Waals surface area contributed by atoms with Gasteiger partial charge in [-0.1, -0.05) is 20.3 Å². The van der Waals surface area contributed by atoms with E-state index in [0.717, 1.165) is 12.8 Å². The van der Waals surface area contributed by atoms with E-state index in [1.165, 1.54) is 13.0 Å². The van der Waals surface area contributed by atoms with Gasteiger partial charge in [-0.05, 0) is 38.3 Å². The number of rotatable bonds is 5. The van der Waals surface area contributed by atoms with Gasteiger partial charge in [-0.25, -0.2) is 0 Å². The van der Waals surface area contributed by atoms with E-state index in [-0.39, 0.29) is 11.7 Å². The summed E-state index contributed by atoms with van der Waals surface area (Å²) in [6, 6.07) is 0. The molecular formula is C11H20O2. The van der Waals surface area contributed by atoms with Gasteiger partial charge in [0.1, 0.15) is 0 Å². The average molecular weight is 184 g/mol. The Labute approximate surface area is 80.7 Å². The molecule has 0 spiro atoms. The van der Waals surface area contributed by atoms with E-state index in [9.17, 15) is 9.90 Å². The third-order valence-corrected chi connectivity index (χ3v) is 2.37. The molecule has 0 saturated carbocycles. The van der Waals surface area contributed by atoms with Crippen molar-refractivity contribution >= 4 is 5.78 Å². The van der Waals surface area contributed by atoms with E-state index in [1.807, 2.05) is 6.92 Å². The van der Waals surface area contributed by atoms with Crippen LogP contribution in [0.2, 0.25) is 0 Å². The Morgan fingerprint density at radius 3 is 2.54 bits per heavy atom. The zero-order valence-corrected chi connectivity index (χ0v) is 9.00. The van der Waals surface area contributed by atoms with Crippen LogP contribution in [0.5, 0.6) is 0 Å². The first kappa shape index (κ1) is 12.4. The zero-order chi connectivity index (χ0) is 10.5. The Morgan fingerprint density at radius 2 is 2.15 bits per heavy atom. The third kappa shape index (κ3) is 4.83. The summed E-state index contributed by atoms with van der Waals surface area (Å²) < 4.78 is 0. The first-order valence-electron chi connectivity index (χ1n) is 4.82. The van der Waals surface area contributed by atoms with Crippen molar-refractivity contribution < 1.29 is 9.90 Å². The zero-order valence-electron chi connectivity index (χ0n) is 9.00. The monoisotopic (exact) mass is 184 g/mol. The summed E-state index contributed by atoms with van der Waals surface area (Å²) in [4.78, 5) is 10.7. The van der Waals surface area contributed by atoms with Gasteiger partial charge in [-0.3, -0.25) is 4.79 Å². The fraction of sp³-hybridized carbons (Fsp3) is 0.727. The van der Waals surface area contributed by atoms with Crippen LogP contribution in [-0.2, 0) is 4.79 Å². The Morgan fingerprint density at radius 1 is 1.62 bits per heavy atom. The molecule has 0 saturated heterocycles. The second-order valence-electron chi connectivity index (χ2n) is 3.86. The van der Waals surface area contributed by atoms with Crippen LogP contribution in [0.1, 0.15) is 40.5 Å². The van der Waals surface area contributed by atoms with E-state index in [2.05, 4.69) is 6.92 Å². The maximum Gasteiger partial charge on any atom is 0.152 e. The number of aliphatic hydroxyl groups is 1. The van der Waals surface area contributed by atoms with Gasteiger partial charge in [0.2, 0.25) is 0 Å². The van der Waals surface area contributed by atoms with Gasteiger partial charge in [-0.2, -0.15) is 0 Å². The van der Waals surface area contributed by atoms with E-state index in [4.69, 9.17) is 0 Å². The van der Waals surface area contributed by atoms with Crippen LogP contribution >= 0.6 is 0 Å². The maximum atomic E-state index is 10.7. The molecule has 0 rings (SSSR count). The molecule has 0 aliphatic carbocycles. The van der Waals surface area contributed by atoms with Gasteiger partial charge in [0.15, 0.2) is 5.78 Å². The molecule has 13 heavy (non-hydrogen) atoms. The molecule has 2 atom stereocenters. The second-order valence-corrected chi connectivity index (χ2v) is 3.86. The fourth-order valence-electron chi connectivity index (χ4n) is 1.18. The molecular weight excluding hydrogens is 164 g/mol. The Balaban J connectivity index is 4.28. The molecule has 0 aromatic heterocycles. The first-order chi connectivity index (χ1) is 5.90. The van der Waals surface area contributed by atoms with Crippen molar-refractivity contribution in [2.75, 3.05) is 0 Å². The Kier molecular flexibility index (Phi) is 4.92. The maximum absolute atomic E-state index is 10.7. The lowest BCUT2D eigenvalue weighted by atomic mass is 9.87. The average Bonchev–Trinajstić information content (AvgIpc) is 2.01. The molecule has 2 nitrogen and oxygen atoms in total. The van der Waals surface area contributed by atoms with E-state index >= 15 is 0 Å². The molecule has 0 bridgehead atoms. The summed E-state index contributed by atoms with van der Waals surface area (Å²) in [5.74, 6) is 0.164. The van der Waals surface area contributed by atoms with Crippen molar-refractivity contribution in [2.45, 2.75) is 46.1 Å². The third-order valence-electron chi connectivity index (χ3n) is 2.37. The molecule has 1 N–H and O–H groups in total. The van der Waals surface area contributed by atoms with Crippen LogP contribution in [0.25, 0.3) is 0 Å². The predicted molar refractivity (Wildman–Crippen MR) is 54.5 cm³/mol. The number of hydrogen-bond acceptors (Lipinski definition) is 2. The van der Waals surface area contributed by atoms with Crippen LogP contribution in [-0.4, -0.2) is 16.5 Å². The second kappa shape index (κ2) is 5.18. The fourth-order valence-corrected chi connectivity index (χ4v) is 1.18. The molecule has 2 unspecified atom stereocenters. The van der Waals surface area contributed by atoms with Crippen LogP contribution in [0, 0.1) is 5.92 Å². The van der Waals surface area contributed by atoms with Gasteiger partial charge < -0.3 is 5.11 Å². The van der Waals surface area contributed by atoms with Crippen molar-refractivity contribution in [3.05, 3.63) is 12.2 Å². The van der Waals surface area contributed by atoms with E-state index in [1.54, 1.807) is 13.0 Å². The number of carbonyl (C=O) groups excluding carboxylic acids is 1. The normalized spacial score (nSPS) is 18.5. The number of hydrogen-bond donors (Lipinski definition) is 1. The van der Waals surface area contributed by atoms with Gasteiger partial charge in [0, 0.05) is 0 Å². The molecule has 0 radical (unpaired) electrons. The molecule has 0 aliphatic rings. The van der Waals surface area contributed by atoms with Gasteiger partial charge in [0.05, 0.1) is 5.60 Å². The molecule has 2 heteroatoms. The highest BCUT2D eigenvalue weighted by atomic mass is 16.3. The van der Waals surface area contributed by atoms with Gasteiger partial charge >= 0.3 is 0 Å². The lowest BCUT2D eigenvalue weighted by molar-refractivity contribution is -0.112.